The number of methoxy groups -OCH3 is 2. The number of aromatic nitrogens is 1. The first-order valence-electron chi connectivity index (χ1n) is 14.4. The van der Waals surface area contributed by atoms with E-state index in [4.69, 9.17) is 40.3 Å². The number of rotatable bonds is 11. The molecular weight excluding hydrogens is 632 g/mol. The molecule has 10 nitrogen and oxygen atoms in total. The second-order valence-corrected chi connectivity index (χ2v) is 11.2. The van der Waals surface area contributed by atoms with Gasteiger partial charge in [0.1, 0.15) is 5.75 Å². The Balaban J connectivity index is 1.69. The lowest BCUT2D eigenvalue weighted by atomic mass is 9.93. The van der Waals surface area contributed by atoms with Gasteiger partial charge in [0, 0.05) is 5.56 Å². The molecule has 238 valence electrons. The molecule has 3 aromatic carbocycles. The van der Waals surface area contributed by atoms with Crippen molar-refractivity contribution in [2.75, 3.05) is 34.0 Å². The van der Waals surface area contributed by atoms with E-state index in [0.29, 0.717) is 37.5 Å². The molecule has 0 spiro atoms. The van der Waals surface area contributed by atoms with Gasteiger partial charge in [-0.2, -0.15) is 0 Å². The molecule has 0 aliphatic carbocycles. The molecule has 1 aliphatic heterocycles. The Kier molecular flexibility index (Phi) is 10.2. The van der Waals surface area contributed by atoms with Crippen molar-refractivity contribution in [3.8, 4) is 17.2 Å². The van der Waals surface area contributed by atoms with Crippen molar-refractivity contribution < 1.29 is 33.3 Å². The number of thiazole rings is 1. The highest BCUT2D eigenvalue weighted by Gasteiger charge is 2.35. The van der Waals surface area contributed by atoms with Crippen LogP contribution in [0.4, 0.5) is 0 Å². The number of halogens is 1. The van der Waals surface area contributed by atoms with Gasteiger partial charge in [-0.05, 0) is 55.3 Å². The first-order chi connectivity index (χ1) is 22.3. The number of carbonyl (C=O) groups excluding carboxylic acids is 2. The Labute approximate surface area is 273 Å². The summed E-state index contributed by atoms with van der Waals surface area (Å²) in [5.74, 6) is -0.0594. The Morgan fingerprint density at radius 3 is 2.35 bits per heavy atom. The van der Waals surface area contributed by atoms with Gasteiger partial charge < -0.3 is 23.7 Å². The van der Waals surface area contributed by atoms with Crippen LogP contribution in [-0.2, 0) is 19.1 Å². The largest absolute Gasteiger partial charge is 0.497 e. The predicted octanol–water partition coefficient (Wildman–Crippen LogP) is 4.55. The molecule has 46 heavy (non-hydrogen) atoms. The highest BCUT2D eigenvalue weighted by Crippen LogP contribution is 2.37. The molecule has 0 bridgehead atoms. The lowest BCUT2D eigenvalue weighted by Crippen LogP contribution is -2.40. The first kappa shape index (κ1) is 32.5. The summed E-state index contributed by atoms with van der Waals surface area (Å²) in [5, 5.41) is 0.176. The monoisotopic (exact) mass is 662 g/mol. The molecule has 1 aromatic heterocycles. The fraction of sp³-hybridized carbons (Fsp3) is 0.235. The summed E-state index contributed by atoms with van der Waals surface area (Å²) in [5.41, 5.74) is 2.22. The van der Waals surface area contributed by atoms with Crippen LogP contribution in [0.2, 0.25) is 5.02 Å². The zero-order valence-corrected chi connectivity index (χ0v) is 27.1. The Morgan fingerprint density at radius 2 is 1.70 bits per heavy atom. The van der Waals surface area contributed by atoms with Crippen LogP contribution in [0.25, 0.3) is 11.8 Å². The average Bonchev–Trinajstić information content (AvgIpc) is 3.37. The quantitative estimate of drug-likeness (QED) is 0.215. The van der Waals surface area contributed by atoms with Crippen LogP contribution in [0, 0.1) is 0 Å². The van der Waals surface area contributed by atoms with Gasteiger partial charge in [-0.3, -0.25) is 9.36 Å². The summed E-state index contributed by atoms with van der Waals surface area (Å²) in [6.45, 7) is 3.44. The SMILES string of the molecule is CCOC(=O)COc1c(Cl)cc(/C=c2\sc3n(c2=O)[C@H](c2ccc(OC)cc2)C(C(=O)OCC)=C(c2ccccc2)N=3)cc1OC. The number of hydrogen-bond donors (Lipinski definition) is 0. The van der Waals surface area contributed by atoms with Crippen LogP contribution in [-0.4, -0.2) is 50.5 Å². The minimum absolute atomic E-state index is 0.145. The number of carbonyl (C=O) groups is 2. The Bertz CT molecular complexity index is 1970. The molecule has 0 radical (unpaired) electrons. The number of nitrogens with zero attached hydrogens (tertiary/aromatic N) is 2. The number of benzene rings is 3. The van der Waals surface area contributed by atoms with Crippen LogP contribution < -0.4 is 29.1 Å². The third kappa shape index (κ3) is 6.70. The van der Waals surface area contributed by atoms with Crippen molar-refractivity contribution in [3.63, 3.8) is 0 Å². The van der Waals surface area contributed by atoms with Crippen molar-refractivity contribution in [2.45, 2.75) is 19.9 Å². The molecule has 0 amide bonds. The fourth-order valence-electron chi connectivity index (χ4n) is 4.99. The highest BCUT2D eigenvalue weighted by atomic mass is 35.5. The van der Waals surface area contributed by atoms with Crippen molar-refractivity contribution in [1.82, 2.24) is 4.57 Å². The molecule has 1 aliphatic rings. The second-order valence-electron chi connectivity index (χ2n) is 9.83. The van der Waals surface area contributed by atoms with E-state index in [1.165, 1.54) is 23.0 Å². The van der Waals surface area contributed by atoms with E-state index in [1.54, 1.807) is 51.3 Å². The zero-order valence-electron chi connectivity index (χ0n) is 25.6. The molecule has 0 saturated carbocycles. The maximum Gasteiger partial charge on any atom is 0.344 e. The van der Waals surface area contributed by atoms with E-state index in [0.717, 1.165) is 0 Å². The normalized spacial score (nSPS) is 14.3. The molecule has 0 unspecified atom stereocenters. The van der Waals surface area contributed by atoms with E-state index in [2.05, 4.69) is 0 Å². The van der Waals surface area contributed by atoms with Gasteiger partial charge in [0.2, 0.25) is 0 Å². The van der Waals surface area contributed by atoms with Gasteiger partial charge in [0.25, 0.3) is 5.56 Å². The van der Waals surface area contributed by atoms with Crippen LogP contribution in [0.5, 0.6) is 17.2 Å². The standard InChI is InChI=1S/C34H31ClN2O8S/c1-5-43-27(38)19-45-31-24(35)16-20(17-25(31)42-4)18-26-32(39)37-30(22-12-14-23(41-3)15-13-22)28(33(40)44-6-2)29(36-34(37)46-26)21-10-8-7-9-11-21/h7-18,30H,5-6,19H2,1-4H3/b26-18-/t30-/m1/s1. The molecule has 0 saturated heterocycles. The number of ether oxygens (including phenoxy) is 5. The lowest BCUT2D eigenvalue weighted by Gasteiger charge is -2.26. The van der Waals surface area contributed by atoms with Gasteiger partial charge >= 0.3 is 11.9 Å². The van der Waals surface area contributed by atoms with Crippen molar-refractivity contribution in [2.24, 2.45) is 4.99 Å². The molecule has 5 rings (SSSR count). The summed E-state index contributed by atoms with van der Waals surface area (Å²) >= 11 is 7.71. The van der Waals surface area contributed by atoms with Crippen LogP contribution in [0.1, 0.15) is 36.6 Å². The van der Waals surface area contributed by atoms with E-state index in [-0.39, 0.29) is 47.5 Å². The fourth-order valence-corrected chi connectivity index (χ4v) is 6.26. The van der Waals surface area contributed by atoms with Crippen molar-refractivity contribution in [1.29, 1.82) is 0 Å². The zero-order chi connectivity index (χ0) is 32.8. The highest BCUT2D eigenvalue weighted by molar-refractivity contribution is 7.07. The van der Waals surface area contributed by atoms with E-state index in [9.17, 15) is 14.4 Å². The van der Waals surface area contributed by atoms with Crippen LogP contribution in [0.15, 0.2) is 82.1 Å². The summed E-state index contributed by atoms with van der Waals surface area (Å²) in [6, 6.07) is 18.9. The van der Waals surface area contributed by atoms with Crippen LogP contribution >= 0.6 is 22.9 Å². The smallest absolute Gasteiger partial charge is 0.344 e. The van der Waals surface area contributed by atoms with E-state index < -0.39 is 18.0 Å². The maximum atomic E-state index is 14.2. The van der Waals surface area contributed by atoms with Crippen molar-refractivity contribution in [3.05, 3.63) is 114 Å². The summed E-state index contributed by atoms with van der Waals surface area (Å²) in [7, 11) is 3.01. The van der Waals surface area contributed by atoms with Gasteiger partial charge in [-0.15, -0.1) is 0 Å². The molecule has 12 heteroatoms. The summed E-state index contributed by atoms with van der Waals surface area (Å²) in [6.07, 6.45) is 1.66. The topological polar surface area (TPSA) is 115 Å². The molecule has 1 atom stereocenters. The number of hydrogen-bond acceptors (Lipinski definition) is 10. The number of esters is 2. The lowest BCUT2D eigenvalue weighted by molar-refractivity contribution is -0.145. The molecule has 0 fully saturated rings. The van der Waals surface area contributed by atoms with Crippen LogP contribution in [0.3, 0.4) is 0 Å². The first-order valence-corrected chi connectivity index (χ1v) is 15.6. The molecule has 4 aromatic rings. The van der Waals surface area contributed by atoms with E-state index in [1.807, 2.05) is 42.5 Å². The van der Waals surface area contributed by atoms with E-state index >= 15 is 0 Å². The average molecular weight is 663 g/mol. The third-order valence-electron chi connectivity index (χ3n) is 6.99. The maximum absolute atomic E-state index is 14.2. The second kappa shape index (κ2) is 14.5. The van der Waals surface area contributed by atoms with Gasteiger partial charge in [0.15, 0.2) is 22.9 Å². The van der Waals surface area contributed by atoms with Gasteiger partial charge in [-0.25, -0.2) is 14.6 Å². The summed E-state index contributed by atoms with van der Waals surface area (Å²) < 4.78 is 28.7. The third-order valence-corrected chi connectivity index (χ3v) is 8.26. The number of fused-ring (bicyclic) bond motifs is 1. The minimum atomic E-state index is -0.838. The van der Waals surface area contributed by atoms with Gasteiger partial charge in [0.05, 0.1) is 54.3 Å². The molecule has 2 heterocycles. The van der Waals surface area contributed by atoms with Crippen molar-refractivity contribution >= 4 is 46.6 Å². The summed E-state index contributed by atoms with van der Waals surface area (Å²) in [4.78, 5) is 44.9. The Morgan fingerprint density at radius 1 is 0.978 bits per heavy atom. The van der Waals surface area contributed by atoms with Gasteiger partial charge in [-0.1, -0.05) is 65.4 Å². The molecular formula is C34H31ClN2O8S. The Hall–Kier alpha value is -4.87. The minimum Gasteiger partial charge on any atom is -0.497 e. The molecule has 0 N–H and O–H groups in total. The predicted molar refractivity (Wildman–Crippen MR) is 174 cm³/mol.